The average Bonchev–Trinajstić information content (AvgIpc) is 3.28. The first kappa shape index (κ1) is 26.6. The number of hydrogen-bond donors (Lipinski definition) is 1. The van der Waals surface area contributed by atoms with E-state index in [0.717, 1.165) is 50.3 Å². The van der Waals surface area contributed by atoms with E-state index in [1.807, 2.05) is 12.3 Å². The van der Waals surface area contributed by atoms with Gasteiger partial charge in [0, 0.05) is 32.4 Å². The summed E-state index contributed by atoms with van der Waals surface area (Å²) in [6.07, 6.45) is 14.2. The zero-order valence-electron chi connectivity index (χ0n) is 24.7. The summed E-state index contributed by atoms with van der Waals surface area (Å²) < 4.78 is 0. The third-order valence-corrected chi connectivity index (χ3v) is 12.4. The minimum Gasteiger partial charge on any atom is -0.393 e. The predicted octanol–water partition coefficient (Wildman–Crippen LogP) is 6.87. The van der Waals surface area contributed by atoms with E-state index in [-0.39, 0.29) is 16.9 Å². The van der Waals surface area contributed by atoms with Gasteiger partial charge < -0.3 is 10.0 Å². The topological polar surface area (TPSA) is 39.6 Å². The zero-order valence-corrected chi connectivity index (χ0v) is 24.7. The molecule has 1 saturated carbocycles. The van der Waals surface area contributed by atoms with Crippen molar-refractivity contribution >= 4 is 5.82 Å². The van der Waals surface area contributed by atoms with Crippen LogP contribution in [-0.2, 0) is 0 Å². The van der Waals surface area contributed by atoms with Crippen LogP contribution in [0.1, 0.15) is 86.0 Å². The molecule has 0 amide bonds. The molecule has 2 fully saturated rings. The zero-order chi connectivity index (χ0) is 26.7. The third-order valence-electron chi connectivity index (χ3n) is 12.4. The number of aliphatic hydroxyl groups is 1. The van der Waals surface area contributed by atoms with Gasteiger partial charge in [-0.15, -0.1) is 0 Å². The van der Waals surface area contributed by atoms with Crippen molar-refractivity contribution in [1.29, 1.82) is 0 Å². The number of fused-ring (bicyclic) bond motifs is 4. The van der Waals surface area contributed by atoms with Gasteiger partial charge in [0.2, 0.25) is 0 Å². The summed E-state index contributed by atoms with van der Waals surface area (Å²) in [6.45, 7) is 18.1. The van der Waals surface area contributed by atoms with Gasteiger partial charge in [0.1, 0.15) is 5.82 Å². The molecule has 6 atom stereocenters. The highest BCUT2D eigenvalue weighted by atomic mass is 16.3. The molecular weight excluding hydrogens is 466 g/mol. The average molecular weight is 518 g/mol. The summed E-state index contributed by atoms with van der Waals surface area (Å²) in [7, 11) is 0. The second-order valence-electron chi connectivity index (χ2n) is 14.5. The first-order valence-corrected chi connectivity index (χ1v) is 15.6. The minimum atomic E-state index is -0.148. The first-order valence-electron chi connectivity index (χ1n) is 15.6. The standard InChI is InChI=1S/C34H51N3O/c1-24(15-19-36-20-22-37(23-21-36)31-8-6-7-18-35-31)26-10-11-27-25-9-12-29-32(2,3)30(38)14-17-34(29,5)28(25)13-16-33(26,27)4/h6-8,11,18,24,26,29-30,38H,9-10,12-17,19-23H2,1-5H3/t24-,26+,29-,30+,33+,34+/m0/s1. The van der Waals surface area contributed by atoms with Crippen molar-refractivity contribution in [3.8, 4) is 0 Å². The molecule has 0 bridgehead atoms. The molecular formula is C34H51N3O. The number of anilines is 1. The summed E-state index contributed by atoms with van der Waals surface area (Å²) in [5.41, 5.74) is 5.93. The molecule has 0 unspecified atom stereocenters. The number of aromatic nitrogens is 1. The molecule has 1 saturated heterocycles. The van der Waals surface area contributed by atoms with Gasteiger partial charge in [-0.25, -0.2) is 4.98 Å². The van der Waals surface area contributed by atoms with Crippen molar-refractivity contribution < 1.29 is 5.11 Å². The lowest BCUT2D eigenvalue weighted by Crippen LogP contribution is -2.53. The molecule has 0 radical (unpaired) electrons. The van der Waals surface area contributed by atoms with Crippen LogP contribution in [0.4, 0.5) is 5.82 Å². The molecule has 38 heavy (non-hydrogen) atoms. The molecule has 4 heteroatoms. The maximum Gasteiger partial charge on any atom is 0.128 e. The number of allylic oxidation sites excluding steroid dienone is 4. The van der Waals surface area contributed by atoms with Crippen LogP contribution >= 0.6 is 0 Å². The van der Waals surface area contributed by atoms with Crippen molar-refractivity contribution in [2.24, 2.45) is 34.0 Å². The van der Waals surface area contributed by atoms with E-state index in [1.54, 1.807) is 16.7 Å². The summed E-state index contributed by atoms with van der Waals surface area (Å²) in [6, 6.07) is 6.23. The maximum atomic E-state index is 10.8. The Labute approximate surface area is 231 Å². The Kier molecular flexibility index (Phi) is 6.83. The number of nitrogens with zero attached hydrogens (tertiary/aromatic N) is 3. The molecule has 1 aromatic rings. The highest BCUT2D eigenvalue weighted by Gasteiger charge is 2.57. The van der Waals surface area contributed by atoms with Crippen molar-refractivity contribution in [1.82, 2.24) is 9.88 Å². The van der Waals surface area contributed by atoms with Crippen LogP contribution in [-0.4, -0.2) is 53.8 Å². The van der Waals surface area contributed by atoms with Crippen molar-refractivity contribution in [2.45, 2.75) is 92.1 Å². The lowest BCUT2D eigenvalue weighted by molar-refractivity contribution is -0.0905. The molecule has 2 heterocycles. The van der Waals surface area contributed by atoms with Gasteiger partial charge in [0.15, 0.2) is 0 Å². The number of hydrogen-bond acceptors (Lipinski definition) is 4. The lowest BCUT2D eigenvalue weighted by Gasteiger charge is -2.59. The molecule has 0 spiro atoms. The van der Waals surface area contributed by atoms with Gasteiger partial charge in [-0.3, -0.25) is 4.90 Å². The van der Waals surface area contributed by atoms with Crippen molar-refractivity contribution in [3.63, 3.8) is 0 Å². The predicted molar refractivity (Wildman–Crippen MR) is 157 cm³/mol. The summed E-state index contributed by atoms with van der Waals surface area (Å²) in [5, 5.41) is 10.8. The Morgan fingerprint density at radius 2 is 1.79 bits per heavy atom. The molecule has 5 aliphatic rings. The number of aliphatic hydroxyl groups excluding tert-OH is 1. The quantitative estimate of drug-likeness (QED) is 0.463. The smallest absolute Gasteiger partial charge is 0.128 e. The fourth-order valence-electron chi connectivity index (χ4n) is 9.91. The third kappa shape index (κ3) is 4.20. The normalized spacial score (nSPS) is 37.8. The first-order chi connectivity index (χ1) is 18.1. The van der Waals surface area contributed by atoms with E-state index in [9.17, 15) is 5.11 Å². The molecule has 0 aromatic carbocycles. The van der Waals surface area contributed by atoms with Gasteiger partial charge in [0.05, 0.1) is 6.10 Å². The van der Waals surface area contributed by atoms with E-state index < -0.39 is 0 Å². The fraction of sp³-hybridized carbons (Fsp3) is 0.735. The molecule has 1 aromatic heterocycles. The highest BCUT2D eigenvalue weighted by Crippen LogP contribution is 2.66. The Morgan fingerprint density at radius 3 is 2.53 bits per heavy atom. The van der Waals surface area contributed by atoms with Crippen molar-refractivity contribution in [2.75, 3.05) is 37.6 Å². The van der Waals surface area contributed by atoms with Crippen LogP contribution in [0.3, 0.4) is 0 Å². The van der Waals surface area contributed by atoms with E-state index >= 15 is 0 Å². The molecule has 4 aliphatic carbocycles. The van der Waals surface area contributed by atoms with Crippen LogP contribution in [0.5, 0.6) is 0 Å². The largest absolute Gasteiger partial charge is 0.393 e. The Bertz CT molecular complexity index is 1080. The van der Waals surface area contributed by atoms with E-state index in [2.05, 4.69) is 67.6 Å². The second-order valence-corrected chi connectivity index (χ2v) is 14.5. The van der Waals surface area contributed by atoms with Gasteiger partial charge in [0.25, 0.3) is 0 Å². The van der Waals surface area contributed by atoms with Crippen molar-refractivity contribution in [3.05, 3.63) is 47.2 Å². The lowest BCUT2D eigenvalue weighted by atomic mass is 9.46. The number of pyridine rings is 1. The Hall–Kier alpha value is -1.65. The van der Waals surface area contributed by atoms with Crippen LogP contribution in [0.2, 0.25) is 0 Å². The van der Waals surface area contributed by atoms with E-state index in [4.69, 9.17) is 0 Å². The molecule has 4 nitrogen and oxygen atoms in total. The van der Waals surface area contributed by atoms with Crippen LogP contribution in [0.25, 0.3) is 0 Å². The summed E-state index contributed by atoms with van der Waals surface area (Å²) >= 11 is 0. The van der Waals surface area contributed by atoms with Crippen LogP contribution in [0, 0.1) is 34.0 Å². The maximum absolute atomic E-state index is 10.8. The van der Waals surface area contributed by atoms with Gasteiger partial charge in [-0.05, 0) is 115 Å². The van der Waals surface area contributed by atoms with E-state index in [0.29, 0.717) is 11.3 Å². The van der Waals surface area contributed by atoms with Crippen LogP contribution in [0.15, 0.2) is 47.2 Å². The van der Waals surface area contributed by atoms with Gasteiger partial charge in [-0.2, -0.15) is 0 Å². The Morgan fingerprint density at radius 1 is 1.00 bits per heavy atom. The highest BCUT2D eigenvalue weighted by molar-refractivity contribution is 5.50. The molecule has 208 valence electrons. The van der Waals surface area contributed by atoms with E-state index in [1.165, 1.54) is 51.5 Å². The van der Waals surface area contributed by atoms with Gasteiger partial charge >= 0.3 is 0 Å². The summed E-state index contributed by atoms with van der Waals surface area (Å²) in [4.78, 5) is 9.67. The van der Waals surface area contributed by atoms with Crippen LogP contribution < -0.4 is 4.90 Å². The minimum absolute atomic E-state index is 0.0243. The number of piperazine rings is 1. The molecule has 1 N–H and O–H groups in total. The molecule has 6 rings (SSSR count). The Balaban J connectivity index is 1.10. The number of rotatable bonds is 5. The molecule has 1 aliphatic heterocycles. The summed E-state index contributed by atoms with van der Waals surface area (Å²) in [5.74, 6) is 3.26. The SMILES string of the molecule is C[C@@H](CCN1CCN(c2ccccn2)CC1)[C@H]1CC=C2C3=C(CC[C@@]21C)[C@@]1(C)CC[C@@H](O)C(C)(C)[C@@H]1CC3. The second kappa shape index (κ2) is 9.77. The fourth-order valence-corrected chi connectivity index (χ4v) is 9.91. The monoisotopic (exact) mass is 517 g/mol. The van der Waals surface area contributed by atoms with Gasteiger partial charge in [-0.1, -0.05) is 52.3 Å².